The van der Waals surface area contributed by atoms with Crippen LogP contribution in [0.2, 0.25) is 0 Å². The number of carbonyl (C=O) groups excluding carboxylic acids is 1. The van der Waals surface area contributed by atoms with Gasteiger partial charge in [0.05, 0.1) is 24.7 Å². The molecule has 4 bridgehead atoms. The van der Waals surface area contributed by atoms with E-state index < -0.39 is 0 Å². The molecule has 2 aliphatic heterocycles. The van der Waals surface area contributed by atoms with Crippen molar-refractivity contribution in [2.24, 2.45) is 11.8 Å². The van der Waals surface area contributed by atoms with Gasteiger partial charge in [0.2, 0.25) is 0 Å². The average molecular weight is 230 g/mol. The minimum Gasteiger partial charge on any atom is -0.469 e. The molecule has 1 aromatic rings. The largest absolute Gasteiger partial charge is 0.469 e. The van der Waals surface area contributed by atoms with Gasteiger partial charge >= 0.3 is 5.97 Å². The van der Waals surface area contributed by atoms with Gasteiger partial charge in [0.15, 0.2) is 0 Å². The van der Waals surface area contributed by atoms with E-state index in [4.69, 9.17) is 9.47 Å². The number of benzene rings is 1. The third-order valence-corrected chi connectivity index (χ3v) is 4.73. The van der Waals surface area contributed by atoms with Crippen LogP contribution in [0.25, 0.3) is 0 Å². The van der Waals surface area contributed by atoms with Gasteiger partial charge in [0.1, 0.15) is 0 Å². The van der Waals surface area contributed by atoms with Crippen molar-refractivity contribution in [2.45, 2.75) is 24.5 Å². The molecular formula is C14H14O3. The second-order valence-electron chi connectivity index (χ2n) is 5.40. The summed E-state index contributed by atoms with van der Waals surface area (Å²) < 4.78 is 11.0. The van der Waals surface area contributed by atoms with Crippen molar-refractivity contribution in [2.75, 3.05) is 7.11 Å². The van der Waals surface area contributed by atoms with Gasteiger partial charge in [0, 0.05) is 11.8 Å². The zero-order valence-corrected chi connectivity index (χ0v) is 9.84. The summed E-state index contributed by atoms with van der Waals surface area (Å²) in [5, 5.41) is 0. The molecule has 0 spiro atoms. The van der Waals surface area contributed by atoms with Crippen LogP contribution in [0.5, 0.6) is 0 Å². The first-order valence-corrected chi connectivity index (χ1v) is 6.03. The van der Waals surface area contributed by atoms with Gasteiger partial charge in [-0.15, -0.1) is 0 Å². The summed E-state index contributed by atoms with van der Waals surface area (Å²) >= 11 is 0. The third-order valence-electron chi connectivity index (χ3n) is 4.73. The van der Waals surface area contributed by atoms with Gasteiger partial charge < -0.3 is 9.47 Å². The van der Waals surface area contributed by atoms with Gasteiger partial charge in [-0.1, -0.05) is 24.3 Å². The summed E-state index contributed by atoms with van der Waals surface area (Å²) in [4.78, 5) is 11.9. The fourth-order valence-corrected chi connectivity index (χ4v) is 3.99. The molecule has 17 heavy (non-hydrogen) atoms. The van der Waals surface area contributed by atoms with Crippen molar-refractivity contribution >= 4 is 5.97 Å². The van der Waals surface area contributed by atoms with Crippen LogP contribution < -0.4 is 0 Å². The van der Waals surface area contributed by atoms with Gasteiger partial charge in [-0.25, -0.2) is 0 Å². The molecule has 4 aliphatic rings. The van der Waals surface area contributed by atoms with E-state index in [1.807, 2.05) is 6.07 Å². The second kappa shape index (κ2) is 2.72. The molecule has 0 aromatic heterocycles. The van der Waals surface area contributed by atoms with E-state index in [0.29, 0.717) is 11.8 Å². The van der Waals surface area contributed by atoms with E-state index >= 15 is 0 Å². The van der Waals surface area contributed by atoms with Gasteiger partial charge in [-0.2, -0.15) is 0 Å². The molecule has 1 unspecified atom stereocenters. The Hall–Kier alpha value is -1.35. The van der Waals surface area contributed by atoms with Crippen LogP contribution in [0.1, 0.15) is 30.1 Å². The van der Waals surface area contributed by atoms with Crippen LogP contribution in [0.3, 0.4) is 0 Å². The molecule has 88 valence electrons. The Morgan fingerprint density at radius 1 is 1.35 bits per heavy atom. The SMILES string of the molecule is COC(=O)C1[C@@H]2O[C@]3(C)[C@H]1[C@@H]3c1ccccc12. The lowest BCUT2D eigenvalue weighted by Gasteiger charge is -2.32. The normalized spacial score (nSPS) is 44.1. The molecule has 1 saturated carbocycles. The Morgan fingerprint density at radius 3 is 2.76 bits per heavy atom. The zero-order chi connectivity index (χ0) is 11.8. The molecule has 1 aromatic carbocycles. The molecule has 0 N–H and O–H groups in total. The van der Waals surface area contributed by atoms with Crippen molar-refractivity contribution in [3.63, 3.8) is 0 Å². The first-order valence-electron chi connectivity index (χ1n) is 6.03. The van der Waals surface area contributed by atoms with Crippen molar-refractivity contribution in [1.29, 1.82) is 0 Å². The Labute approximate surface area is 99.7 Å². The third kappa shape index (κ3) is 0.914. The lowest BCUT2D eigenvalue weighted by atomic mass is 9.81. The molecule has 1 saturated heterocycles. The van der Waals surface area contributed by atoms with Crippen molar-refractivity contribution in [3.8, 4) is 0 Å². The highest BCUT2D eigenvalue weighted by Gasteiger charge is 2.78. The number of hydrogen-bond acceptors (Lipinski definition) is 3. The smallest absolute Gasteiger partial charge is 0.312 e. The van der Waals surface area contributed by atoms with Gasteiger partial charge in [0.25, 0.3) is 0 Å². The molecule has 0 amide bonds. The predicted octanol–water partition coefficient (Wildman–Crippen LogP) is 2.03. The fourth-order valence-electron chi connectivity index (χ4n) is 3.99. The molecule has 0 radical (unpaired) electrons. The van der Waals surface area contributed by atoms with Crippen LogP contribution in [-0.2, 0) is 14.3 Å². The molecule has 3 heteroatoms. The van der Waals surface area contributed by atoms with Gasteiger partial charge in [-0.3, -0.25) is 4.79 Å². The summed E-state index contributed by atoms with van der Waals surface area (Å²) in [5.74, 6) is 0.466. The number of methoxy groups -OCH3 is 1. The summed E-state index contributed by atoms with van der Waals surface area (Å²) in [6.07, 6.45) is -0.0985. The first-order chi connectivity index (χ1) is 8.18. The first kappa shape index (κ1) is 9.66. The molecular weight excluding hydrogens is 216 g/mol. The highest BCUT2D eigenvalue weighted by Crippen LogP contribution is 2.76. The number of esters is 1. The summed E-state index contributed by atoms with van der Waals surface area (Å²) in [6, 6.07) is 8.32. The van der Waals surface area contributed by atoms with Crippen LogP contribution in [0.15, 0.2) is 24.3 Å². The average Bonchev–Trinajstić information content (AvgIpc) is 2.86. The Morgan fingerprint density at radius 2 is 2.06 bits per heavy atom. The minimum absolute atomic E-state index is 0.0985. The summed E-state index contributed by atoms with van der Waals surface area (Å²) in [5.41, 5.74) is 2.42. The number of carbonyl (C=O) groups is 1. The van der Waals surface area contributed by atoms with Crippen molar-refractivity contribution in [1.82, 2.24) is 0 Å². The maximum atomic E-state index is 11.9. The predicted molar refractivity (Wildman–Crippen MR) is 60.4 cm³/mol. The van der Waals surface area contributed by atoms with E-state index in [9.17, 15) is 4.79 Å². The van der Waals surface area contributed by atoms with Crippen molar-refractivity contribution in [3.05, 3.63) is 35.4 Å². The maximum Gasteiger partial charge on any atom is 0.312 e. The molecule has 2 fully saturated rings. The topological polar surface area (TPSA) is 35.5 Å². The Balaban J connectivity index is 1.87. The number of hydrogen-bond donors (Lipinski definition) is 0. The van der Waals surface area contributed by atoms with E-state index in [-0.39, 0.29) is 23.6 Å². The van der Waals surface area contributed by atoms with Crippen LogP contribution >= 0.6 is 0 Å². The minimum atomic E-state index is -0.127. The van der Waals surface area contributed by atoms with Crippen molar-refractivity contribution < 1.29 is 14.3 Å². The zero-order valence-electron chi connectivity index (χ0n) is 9.84. The molecule has 5 rings (SSSR count). The Kier molecular flexibility index (Phi) is 1.55. The fraction of sp³-hybridized carbons (Fsp3) is 0.500. The molecule has 3 nitrogen and oxygen atoms in total. The Bertz CT molecular complexity index is 524. The van der Waals surface area contributed by atoms with Crippen LogP contribution in [0.4, 0.5) is 0 Å². The highest BCUT2D eigenvalue weighted by atomic mass is 16.5. The van der Waals surface area contributed by atoms with E-state index in [1.54, 1.807) is 0 Å². The highest BCUT2D eigenvalue weighted by molar-refractivity contribution is 5.77. The number of ether oxygens (including phenoxy) is 2. The monoisotopic (exact) mass is 230 g/mol. The molecule has 2 heterocycles. The molecule has 2 aliphatic carbocycles. The standard InChI is InChI=1S/C14H14O3/c1-14-10-7-5-3-4-6-8(7)12(17-14)9(11(10)14)13(15)16-2/h3-6,9-12H,1-2H3/t9?,10-,11+,12+,14-/m0/s1. The molecule has 5 atom stereocenters. The summed E-state index contributed by atoms with van der Waals surface area (Å²) in [7, 11) is 1.46. The van der Waals surface area contributed by atoms with Crippen LogP contribution in [0, 0.1) is 11.8 Å². The second-order valence-corrected chi connectivity index (χ2v) is 5.40. The lowest BCUT2D eigenvalue weighted by Crippen LogP contribution is -2.29. The van der Waals surface area contributed by atoms with E-state index in [0.717, 1.165) is 0 Å². The van der Waals surface area contributed by atoms with E-state index in [1.165, 1.54) is 18.2 Å². The quantitative estimate of drug-likeness (QED) is 0.692. The van der Waals surface area contributed by atoms with Gasteiger partial charge in [-0.05, 0) is 18.1 Å². The number of rotatable bonds is 1. The van der Waals surface area contributed by atoms with Crippen LogP contribution in [-0.4, -0.2) is 18.7 Å². The summed E-state index contributed by atoms with van der Waals surface area (Å²) in [6.45, 7) is 2.12. The lowest BCUT2D eigenvalue weighted by molar-refractivity contribution is -0.150. The van der Waals surface area contributed by atoms with E-state index in [2.05, 4.69) is 25.1 Å². The maximum absolute atomic E-state index is 11.9.